The number of aryl methyl sites for hydroxylation is 1. The smallest absolute Gasteiger partial charge is 0.141 e. The number of rotatable bonds is 5. The predicted octanol–water partition coefficient (Wildman–Crippen LogP) is 4.39. The average Bonchev–Trinajstić information content (AvgIpc) is 2.84. The Hall–Kier alpha value is -1.26. The first-order chi connectivity index (χ1) is 9.10. The molecule has 0 saturated carbocycles. The maximum atomic E-state index is 12.9. The van der Waals surface area contributed by atoms with Crippen molar-refractivity contribution in [2.75, 3.05) is 0 Å². The van der Waals surface area contributed by atoms with E-state index in [0.29, 0.717) is 0 Å². The van der Waals surface area contributed by atoms with Gasteiger partial charge in [0.05, 0.1) is 11.9 Å². The van der Waals surface area contributed by atoms with Crippen LogP contribution in [0.15, 0.2) is 30.5 Å². The fourth-order valence-electron chi connectivity index (χ4n) is 2.08. The highest BCUT2D eigenvalue weighted by Crippen LogP contribution is 2.26. The van der Waals surface area contributed by atoms with E-state index < -0.39 is 0 Å². The molecule has 0 saturated heterocycles. The van der Waals surface area contributed by atoms with E-state index in [-0.39, 0.29) is 17.9 Å². The number of aromatic nitrogens is 1. The van der Waals surface area contributed by atoms with Gasteiger partial charge < -0.3 is 5.32 Å². The number of pyridine rings is 1. The molecule has 2 aromatic heterocycles. The quantitative estimate of drug-likeness (QED) is 0.877. The zero-order chi connectivity index (χ0) is 13.8. The molecule has 4 heteroatoms. The molecule has 0 fully saturated rings. The lowest BCUT2D eigenvalue weighted by Gasteiger charge is -2.21. The molecular weight excluding hydrogens is 259 g/mol. The minimum Gasteiger partial charge on any atom is -0.301 e. The third-order valence-corrected chi connectivity index (χ3v) is 4.34. The van der Waals surface area contributed by atoms with Gasteiger partial charge in [0.25, 0.3) is 0 Å². The first kappa shape index (κ1) is 14.2. The molecule has 2 nitrogen and oxygen atoms in total. The topological polar surface area (TPSA) is 24.9 Å². The Morgan fingerprint density at radius 2 is 2.11 bits per heavy atom. The average molecular weight is 278 g/mol. The number of hydrogen-bond acceptors (Lipinski definition) is 3. The minimum absolute atomic E-state index is 0.151. The van der Waals surface area contributed by atoms with Gasteiger partial charge in [0, 0.05) is 21.8 Å². The van der Waals surface area contributed by atoms with Gasteiger partial charge in [-0.3, -0.25) is 4.98 Å². The number of nitrogens with one attached hydrogen (secondary N) is 1. The van der Waals surface area contributed by atoms with E-state index >= 15 is 0 Å². The van der Waals surface area contributed by atoms with Crippen molar-refractivity contribution in [1.82, 2.24) is 10.3 Å². The molecule has 0 amide bonds. The van der Waals surface area contributed by atoms with Gasteiger partial charge in [-0.05, 0) is 44.5 Å². The molecule has 0 aliphatic carbocycles. The number of nitrogens with zero attached hydrogens (tertiary/aromatic N) is 1. The van der Waals surface area contributed by atoms with Crippen LogP contribution >= 0.6 is 11.3 Å². The molecule has 0 bridgehead atoms. The Morgan fingerprint density at radius 3 is 2.63 bits per heavy atom. The SMILES string of the molecule is CCC(NC(C)c1ccc(C)s1)c1ccc(F)cn1. The van der Waals surface area contributed by atoms with Gasteiger partial charge >= 0.3 is 0 Å². The van der Waals surface area contributed by atoms with Gasteiger partial charge in [-0.1, -0.05) is 6.92 Å². The number of hydrogen-bond donors (Lipinski definition) is 1. The Labute approximate surface area is 117 Å². The van der Waals surface area contributed by atoms with Gasteiger partial charge in [0.15, 0.2) is 0 Å². The second-order valence-corrected chi connectivity index (χ2v) is 6.02. The van der Waals surface area contributed by atoms with Crippen LogP contribution < -0.4 is 5.32 Å². The largest absolute Gasteiger partial charge is 0.301 e. The Balaban J connectivity index is 2.08. The first-order valence-electron chi connectivity index (χ1n) is 6.54. The molecule has 2 heterocycles. The van der Waals surface area contributed by atoms with E-state index in [1.807, 2.05) is 0 Å². The highest BCUT2D eigenvalue weighted by Gasteiger charge is 2.15. The minimum atomic E-state index is -0.291. The van der Waals surface area contributed by atoms with Crippen LogP contribution in [0.2, 0.25) is 0 Å². The van der Waals surface area contributed by atoms with Crippen LogP contribution in [0, 0.1) is 12.7 Å². The molecule has 0 radical (unpaired) electrons. The Morgan fingerprint density at radius 1 is 1.32 bits per heavy atom. The van der Waals surface area contributed by atoms with Crippen molar-refractivity contribution < 1.29 is 4.39 Å². The van der Waals surface area contributed by atoms with Crippen molar-refractivity contribution >= 4 is 11.3 Å². The van der Waals surface area contributed by atoms with Crippen molar-refractivity contribution in [3.05, 3.63) is 51.7 Å². The van der Waals surface area contributed by atoms with Crippen LogP contribution in [-0.2, 0) is 0 Å². The van der Waals surface area contributed by atoms with E-state index in [1.165, 1.54) is 22.0 Å². The van der Waals surface area contributed by atoms with Crippen molar-refractivity contribution in [3.8, 4) is 0 Å². The fraction of sp³-hybridized carbons (Fsp3) is 0.400. The van der Waals surface area contributed by atoms with Gasteiger partial charge in [0.2, 0.25) is 0 Å². The third-order valence-electron chi connectivity index (χ3n) is 3.15. The monoisotopic (exact) mass is 278 g/mol. The van der Waals surface area contributed by atoms with Crippen LogP contribution in [0.25, 0.3) is 0 Å². The van der Waals surface area contributed by atoms with E-state index in [4.69, 9.17) is 0 Å². The van der Waals surface area contributed by atoms with Crippen LogP contribution in [0.4, 0.5) is 4.39 Å². The summed E-state index contributed by atoms with van der Waals surface area (Å²) in [5, 5.41) is 3.56. The number of halogens is 1. The molecule has 2 rings (SSSR count). The highest BCUT2D eigenvalue weighted by atomic mass is 32.1. The standard InChI is InChI=1S/C15H19FN2S/c1-4-13(14-7-6-12(16)9-17-14)18-11(3)15-8-5-10(2)19-15/h5-9,11,13,18H,4H2,1-3H3. The van der Waals surface area contributed by atoms with Crippen LogP contribution in [-0.4, -0.2) is 4.98 Å². The summed E-state index contributed by atoms with van der Waals surface area (Å²) in [6, 6.07) is 7.93. The van der Waals surface area contributed by atoms with Crippen molar-refractivity contribution in [1.29, 1.82) is 0 Å². The second kappa shape index (κ2) is 6.26. The summed E-state index contributed by atoms with van der Waals surface area (Å²) in [6.07, 6.45) is 2.20. The molecule has 2 aromatic rings. The zero-order valence-corrected chi connectivity index (χ0v) is 12.3. The van der Waals surface area contributed by atoms with Crippen molar-refractivity contribution in [2.24, 2.45) is 0 Å². The fourth-order valence-corrected chi connectivity index (χ4v) is 2.96. The molecule has 2 unspecified atom stereocenters. The van der Waals surface area contributed by atoms with E-state index in [1.54, 1.807) is 17.4 Å². The van der Waals surface area contributed by atoms with Crippen LogP contribution in [0.5, 0.6) is 0 Å². The van der Waals surface area contributed by atoms with E-state index in [9.17, 15) is 4.39 Å². The molecule has 2 atom stereocenters. The molecule has 102 valence electrons. The predicted molar refractivity (Wildman–Crippen MR) is 77.8 cm³/mol. The lowest BCUT2D eigenvalue weighted by molar-refractivity contribution is 0.450. The summed E-state index contributed by atoms with van der Waals surface area (Å²) < 4.78 is 12.9. The molecule has 0 spiro atoms. The lowest BCUT2D eigenvalue weighted by Crippen LogP contribution is -2.24. The Bertz CT molecular complexity index is 521. The molecule has 0 aliphatic heterocycles. The summed E-state index contributed by atoms with van der Waals surface area (Å²) in [4.78, 5) is 6.80. The van der Waals surface area contributed by atoms with E-state index in [0.717, 1.165) is 12.1 Å². The lowest BCUT2D eigenvalue weighted by atomic mass is 10.1. The maximum Gasteiger partial charge on any atom is 0.141 e. The van der Waals surface area contributed by atoms with Crippen LogP contribution in [0.3, 0.4) is 0 Å². The van der Waals surface area contributed by atoms with Crippen molar-refractivity contribution in [3.63, 3.8) is 0 Å². The summed E-state index contributed by atoms with van der Waals surface area (Å²) in [7, 11) is 0. The van der Waals surface area contributed by atoms with E-state index in [2.05, 4.69) is 43.2 Å². The summed E-state index contributed by atoms with van der Waals surface area (Å²) in [5.41, 5.74) is 0.893. The summed E-state index contributed by atoms with van der Waals surface area (Å²) in [5.74, 6) is -0.291. The number of thiophene rings is 1. The molecule has 1 N–H and O–H groups in total. The maximum absolute atomic E-state index is 12.9. The normalized spacial score (nSPS) is 14.3. The highest BCUT2D eigenvalue weighted by molar-refractivity contribution is 7.12. The summed E-state index contributed by atoms with van der Waals surface area (Å²) >= 11 is 1.80. The summed E-state index contributed by atoms with van der Waals surface area (Å²) in [6.45, 7) is 6.37. The van der Waals surface area contributed by atoms with Crippen LogP contribution in [0.1, 0.15) is 47.8 Å². The Kier molecular flexibility index (Phi) is 4.66. The molecule has 19 heavy (non-hydrogen) atoms. The molecular formula is C15H19FN2S. The zero-order valence-electron chi connectivity index (χ0n) is 11.5. The molecule has 0 aliphatic rings. The van der Waals surface area contributed by atoms with Crippen molar-refractivity contribution in [2.45, 2.75) is 39.3 Å². The third kappa shape index (κ3) is 3.61. The van der Waals surface area contributed by atoms with Gasteiger partial charge in [-0.2, -0.15) is 0 Å². The van der Waals surface area contributed by atoms with Gasteiger partial charge in [-0.15, -0.1) is 11.3 Å². The van der Waals surface area contributed by atoms with Gasteiger partial charge in [-0.25, -0.2) is 4.39 Å². The second-order valence-electron chi connectivity index (χ2n) is 4.70. The molecule has 0 aromatic carbocycles. The first-order valence-corrected chi connectivity index (χ1v) is 7.35. The van der Waals surface area contributed by atoms with Gasteiger partial charge in [0.1, 0.15) is 5.82 Å².